The molecule has 258 valence electrons. The Bertz CT molecular complexity index is 1600. The van der Waals surface area contributed by atoms with E-state index in [2.05, 4.69) is 179 Å². The maximum absolute atomic E-state index is 2.39. The molecule has 1 nitrogen and oxygen atoms in total. The maximum atomic E-state index is 2.39. The summed E-state index contributed by atoms with van der Waals surface area (Å²) < 4.78 is 1.17. The van der Waals surface area contributed by atoms with Crippen LogP contribution in [0.5, 0.6) is 0 Å². The van der Waals surface area contributed by atoms with Crippen LogP contribution in [-0.4, -0.2) is 25.8 Å². The van der Waals surface area contributed by atoms with Crippen molar-refractivity contribution in [3.8, 4) is 0 Å². The van der Waals surface area contributed by atoms with E-state index in [-0.39, 0.29) is 0 Å². The number of rotatable bonds is 11. The van der Waals surface area contributed by atoms with Gasteiger partial charge in [-0.1, -0.05) is 156 Å². The van der Waals surface area contributed by atoms with Crippen molar-refractivity contribution < 1.29 is 0 Å². The third kappa shape index (κ3) is 8.13. The van der Waals surface area contributed by atoms with Crippen molar-refractivity contribution >= 4 is 33.7 Å². The first kappa shape index (κ1) is 37.9. The normalized spacial score (nSPS) is 11.7. The van der Waals surface area contributed by atoms with Crippen molar-refractivity contribution in [1.29, 1.82) is 0 Å². The largest absolute Gasteiger partial charge is 0.291 e. The zero-order valence-electron chi connectivity index (χ0n) is 32.6. The molecular weight excluding hydrogens is 589 g/mol. The third-order valence-corrected chi connectivity index (χ3v) is 10.8. The Balaban J connectivity index is 0.000000284. The second-order valence-corrected chi connectivity index (χ2v) is 15.0. The molecule has 0 bridgehead atoms. The van der Waals surface area contributed by atoms with Crippen molar-refractivity contribution in [2.75, 3.05) is 19.6 Å². The van der Waals surface area contributed by atoms with Gasteiger partial charge in [-0.15, -0.1) is 0 Å². The summed E-state index contributed by atoms with van der Waals surface area (Å²) in [7, 11) is 0. The zero-order chi connectivity index (χ0) is 35.8. The van der Waals surface area contributed by atoms with Gasteiger partial charge in [0.05, 0.1) is 19.6 Å². The van der Waals surface area contributed by atoms with Crippen LogP contribution in [0.15, 0.2) is 103 Å². The lowest BCUT2D eigenvalue weighted by Crippen LogP contribution is -2.76. The molecule has 0 N–H and O–H groups in total. The first-order chi connectivity index (χ1) is 23.4. The van der Waals surface area contributed by atoms with Gasteiger partial charge < -0.3 is 0 Å². The van der Waals surface area contributed by atoms with E-state index in [4.69, 9.17) is 0 Å². The molecule has 5 aromatic carbocycles. The summed E-state index contributed by atoms with van der Waals surface area (Å²) in [4.78, 5) is 0. The van der Waals surface area contributed by atoms with E-state index in [1.54, 1.807) is 0 Å². The molecule has 49 heavy (non-hydrogen) atoms. The molecule has 0 heterocycles. The van der Waals surface area contributed by atoms with E-state index in [0.717, 1.165) is 0 Å². The van der Waals surface area contributed by atoms with Gasteiger partial charge in [-0.2, -0.15) is 21.9 Å². The van der Waals surface area contributed by atoms with Crippen molar-refractivity contribution in [1.82, 2.24) is 4.48 Å². The molecule has 0 spiro atoms. The molecule has 0 aliphatic carbocycles. The number of para-hydroxylation sites is 1. The van der Waals surface area contributed by atoms with Crippen LogP contribution in [0.1, 0.15) is 84.5 Å². The molecule has 0 unspecified atom stereocenters. The molecule has 2 heteroatoms. The Labute approximate surface area is 299 Å². The lowest BCUT2D eigenvalue weighted by atomic mass is 9.11. The van der Waals surface area contributed by atoms with Gasteiger partial charge in [0.2, 0.25) is 0 Å². The van der Waals surface area contributed by atoms with Crippen molar-refractivity contribution in [2.45, 2.75) is 95.4 Å². The lowest BCUT2D eigenvalue weighted by molar-refractivity contribution is 0.273. The molecule has 0 saturated carbocycles. The van der Waals surface area contributed by atoms with Crippen LogP contribution in [0.3, 0.4) is 0 Å². The van der Waals surface area contributed by atoms with Crippen LogP contribution in [0.25, 0.3) is 0 Å². The molecular formula is C47H62BN. The first-order valence-electron chi connectivity index (χ1n) is 18.8. The highest BCUT2D eigenvalue weighted by Gasteiger charge is 2.36. The van der Waals surface area contributed by atoms with E-state index in [1.807, 2.05) is 0 Å². The summed E-state index contributed by atoms with van der Waals surface area (Å²) in [6.07, 6.45) is 2.40. The maximum Gasteiger partial charge on any atom is 0.132 e. The summed E-state index contributed by atoms with van der Waals surface area (Å²) in [5, 5.41) is 0. The number of nitrogens with zero attached hydrogens (tertiary/aromatic N) is 1. The molecule has 0 fully saturated rings. The predicted molar refractivity (Wildman–Crippen MR) is 222 cm³/mol. The Kier molecular flexibility index (Phi) is 12.9. The van der Waals surface area contributed by atoms with Crippen LogP contribution in [0, 0.1) is 55.4 Å². The topological polar surface area (TPSA) is 0 Å². The van der Waals surface area contributed by atoms with Gasteiger partial charge in [0.1, 0.15) is 11.8 Å². The Morgan fingerprint density at radius 3 is 0.918 bits per heavy atom. The lowest BCUT2D eigenvalue weighted by Gasteiger charge is -2.48. The predicted octanol–water partition coefficient (Wildman–Crippen LogP) is 9.76. The Morgan fingerprint density at radius 1 is 0.388 bits per heavy atom. The van der Waals surface area contributed by atoms with Gasteiger partial charge in [-0.05, 0) is 86.8 Å². The third-order valence-electron chi connectivity index (χ3n) is 10.8. The molecule has 0 aromatic heterocycles. The Hall–Kier alpha value is -3.88. The zero-order valence-corrected chi connectivity index (χ0v) is 32.6. The van der Waals surface area contributed by atoms with Crippen LogP contribution in [-0.2, 0) is 0 Å². The van der Waals surface area contributed by atoms with Gasteiger partial charge in [0.25, 0.3) is 0 Å². The minimum absolute atomic E-state index is 1.17. The SMILES string of the molecule is CCC[N+](CCC)(CCC)c1ccccc1.Cc1ccc([B-](c2ccc(C)cc2C)(c2ccc(C)cc2C)c2ccc(C)cc2C)c(C)c1. The van der Waals surface area contributed by atoms with Crippen LogP contribution < -0.4 is 26.3 Å². The molecule has 0 aliphatic heterocycles. The van der Waals surface area contributed by atoms with Crippen LogP contribution in [0.4, 0.5) is 5.69 Å². The fourth-order valence-corrected chi connectivity index (χ4v) is 9.00. The highest BCUT2D eigenvalue weighted by Crippen LogP contribution is 2.25. The fraction of sp³-hybridized carbons (Fsp3) is 0.362. The summed E-state index contributed by atoms with van der Waals surface area (Å²) in [5.41, 5.74) is 17.8. The summed E-state index contributed by atoms with van der Waals surface area (Å²) in [5.74, 6) is 0. The van der Waals surface area contributed by atoms with Crippen LogP contribution in [0.2, 0.25) is 0 Å². The highest BCUT2D eigenvalue weighted by atomic mass is 15.4. The number of aryl methyl sites for hydroxylation is 8. The van der Waals surface area contributed by atoms with Gasteiger partial charge >= 0.3 is 0 Å². The number of hydrogen-bond acceptors (Lipinski definition) is 0. The van der Waals surface area contributed by atoms with Gasteiger partial charge in [0, 0.05) is 0 Å². The van der Waals surface area contributed by atoms with Gasteiger partial charge in [-0.3, -0.25) is 4.48 Å². The standard InChI is InChI=1S/C32H36B.C15H26N/c1-21-9-13-29(25(5)17-21)33(30-14-10-22(2)18-26(30)6,31-15-11-23(3)19-27(31)7)32-16-12-24(4)20-28(32)8;1-4-12-16(13-5-2,14-6-3)15-10-8-7-9-11-15/h9-20H,1-8H3;7-11H,4-6,12-14H2,1-3H3/q-1;+1. The quantitative estimate of drug-likeness (QED) is 0.0986. The molecule has 0 aliphatic rings. The van der Waals surface area contributed by atoms with Crippen molar-refractivity contribution in [3.05, 3.63) is 148 Å². The Morgan fingerprint density at radius 2 is 0.673 bits per heavy atom. The minimum Gasteiger partial charge on any atom is -0.291 e. The molecule has 0 radical (unpaired) electrons. The van der Waals surface area contributed by atoms with Crippen molar-refractivity contribution in [3.63, 3.8) is 0 Å². The highest BCUT2D eigenvalue weighted by molar-refractivity contribution is 7.20. The monoisotopic (exact) mass is 651 g/mol. The molecule has 5 rings (SSSR count). The molecule has 0 atom stereocenters. The minimum atomic E-state index is -1.38. The number of hydrogen-bond donors (Lipinski definition) is 0. The van der Waals surface area contributed by atoms with E-state index in [9.17, 15) is 0 Å². The van der Waals surface area contributed by atoms with E-state index >= 15 is 0 Å². The van der Waals surface area contributed by atoms with Gasteiger partial charge in [-0.25, -0.2) is 0 Å². The average molecular weight is 652 g/mol. The summed E-state index contributed by atoms with van der Waals surface area (Å²) in [6.45, 7) is 28.6. The molecule has 0 amide bonds. The molecule has 5 aromatic rings. The smallest absolute Gasteiger partial charge is 0.132 e. The first-order valence-corrected chi connectivity index (χ1v) is 18.8. The number of benzene rings is 5. The fourth-order valence-electron chi connectivity index (χ4n) is 9.00. The molecule has 0 saturated heterocycles. The van der Waals surface area contributed by atoms with E-state index in [0.29, 0.717) is 0 Å². The summed E-state index contributed by atoms with van der Waals surface area (Å²) >= 11 is 0. The second kappa shape index (κ2) is 16.7. The van der Waals surface area contributed by atoms with E-state index in [1.165, 1.54) is 115 Å². The second-order valence-electron chi connectivity index (χ2n) is 15.0. The van der Waals surface area contributed by atoms with Gasteiger partial charge in [0.15, 0.2) is 0 Å². The van der Waals surface area contributed by atoms with Crippen LogP contribution >= 0.6 is 0 Å². The van der Waals surface area contributed by atoms with E-state index < -0.39 is 6.15 Å². The number of quaternary nitrogens is 1. The summed E-state index contributed by atoms with van der Waals surface area (Å²) in [6, 6.07) is 39.2. The average Bonchev–Trinajstić information content (AvgIpc) is 3.05. The van der Waals surface area contributed by atoms with Crippen molar-refractivity contribution in [2.24, 2.45) is 0 Å².